The minimum absolute atomic E-state index is 0.206. The molecule has 0 aliphatic rings. The van der Waals surface area contributed by atoms with Crippen LogP contribution in [-0.2, 0) is 10.9 Å². The van der Waals surface area contributed by atoms with Crippen molar-refractivity contribution in [2.24, 2.45) is 0 Å². The molecule has 1 rings (SSSR count). The third-order valence-electron chi connectivity index (χ3n) is 2.05. The number of carbonyl (C=O) groups is 1. The number of aromatic amines is 1. The summed E-state index contributed by atoms with van der Waals surface area (Å²) in [5.74, 6) is -3.26. The van der Waals surface area contributed by atoms with Gasteiger partial charge in [-0.15, -0.1) is 13.2 Å². The summed E-state index contributed by atoms with van der Waals surface area (Å²) < 4.78 is 82.3. The van der Waals surface area contributed by atoms with Crippen LogP contribution in [0, 0.1) is 0 Å². The van der Waals surface area contributed by atoms with E-state index in [0.29, 0.717) is 0 Å². The van der Waals surface area contributed by atoms with Gasteiger partial charge in [0.1, 0.15) is 11.1 Å². The van der Waals surface area contributed by atoms with Crippen LogP contribution >= 0.6 is 0 Å². The molecule has 0 fully saturated rings. The van der Waals surface area contributed by atoms with Gasteiger partial charge >= 0.3 is 18.5 Å². The Kier molecular flexibility index (Phi) is 4.54. The lowest BCUT2D eigenvalue weighted by atomic mass is 10.1. The molecule has 5 nitrogen and oxygen atoms in total. The van der Waals surface area contributed by atoms with Crippen molar-refractivity contribution < 1.29 is 40.6 Å². The fourth-order valence-corrected chi connectivity index (χ4v) is 1.39. The van der Waals surface area contributed by atoms with Crippen molar-refractivity contribution in [3.63, 3.8) is 0 Å². The lowest BCUT2D eigenvalue weighted by Crippen LogP contribution is -2.29. The fraction of sp³-hybridized carbons (Fsp3) is 0.400. The molecule has 1 heterocycles. The van der Waals surface area contributed by atoms with Gasteiger partial charge in [0.2, 0.25) is 0 Å². The zero-order valence-corrected chi connectivity index (χ0v) is 10.2. The average molecular weight is 319 g/mol. The van der Waals surface area contributed by atoms with Crippen molar-refractivity contribution in [2.75, 3.05) is 6.61 Å². The first-order valence-electron chi connectivity index (χ1n) is 5.23. The minimum atomic E-state index is -5.37. The predicted octanol–water partition coefficient (Wildman–Crippen LogP) is 2.47. The molecule has 0 atom stereocenters. The molecule has 0 aliphatic carbocycles. The largest absolute Gasteiger partial charge is 0.573 e. The third-order valence-corrected chi connectivity index (χ3v) is 2.05. The van der Waals surface area contributed by atoms with Crippen LogP contribution in [0.4, 0.5) is 26.3 Å². The number of alkyl halides is 6. The van der Waals surface area contributed by atoms with Gasteiger partial charge < -0.3 is 14.5 Å². The van der Waals surface area contributed by atoms with Gasteiger partial charge in [-0.3, -0.25) is 4.79 Å². The molecule has 0 radical (unpaired) electrons. The van der Waals surface area contributed by atoms with Crippen LogP contribution in [0.1, 0.15) is 22.8 Å². The first kappa shape index (κ1) is 16.9. The monoisotopic (exact) mass is 319 g/mol. The number of halogens is 6. The van der Waals surface area contributed by atoms with Gasteiger partial charge in [0, 0.05) is 6.20 Å². The van der Waals surface area contributed by atoms with Crippen molar-refractivity contribution in [3.8, 4) is 5.75 Å². The molecule has 0 unspecified atom stereocenters. The molecule has 0 aliphatic heterocycles. The molecule has 118 valence electrons. The molecule has 0 aromatic carbocycles. The highest BCUT2D eigenvalue weighted by molar-refractivity contribution is 5.94. The number of H-pyrrole nitrogens is 1. The summed E-state index contributed by atoms with van der Waals surface area (Å²) in [5, 5.41) is 0. The zero-order chi connectivity index (χ0) is 16.4. The normalized spacial score (nSPS) is 12.1. The van der Waals surface area contributed by atoms with E-state index in [1.807, 2.05) is 0 Å². The Morgan fingerprint density at radius 3 is 2.24 bits per heavy atom. The minimum Gasteiger partial charge on any atom is -0.462 e. The number of hydrogen-bond donors (Lipinski definition) is 1. The maximum absolute atomic E-state index is 12.8. The van der Waals surface area contributed by atoms with Crippen molar-refractivity contribution >= 4 is 5.97 Å². The summed E-state index contributed by atoms with van der Waals surface area (Å²) in [6.45, 7) is 0.816. The van der Waals surface area contributed by atoms with Crippen molar-refractivity contribution in [1.29, 1.82) is 0 Å². The molecule has 0 amide bonds. The number of carbonyl (C=O) groups excluding carboxylic acids is 1. The number of nitrogens with one attached hydrogen (secondary N) is 1. The molecular weight excluding hydrogens is 312 g/mol. The van der Waals surface area contributed by atoms with Crippen LogP contribution in [-0.4, -0.2) is 23.9 Å². The van der Waals surface area contributed by atoms with E-state index >= 15 is 0 Å². The lowest BCUT2D eigenvalue weighted by Gasteiger charge is -2.16. The van der Waals surface area contributed by atoms with E-state index < -0.39 is 47.6 Å². The van der Waals surface area contributed by atoms with Crippen molar-refractivity contribution in [2.45, 2.75) is 19.5 Å². The Labute approximate surface area is 112 Å². The first-order chi connectivity index (χ1) is 9.47. The van der Waals surface area contributed by atoms with Crippen LogP contribution in [0.3, 0.4) is 0 Å². The smallest absolute Gasteiger partial charge is 0.462 e. The number of pyridine rings is 1. The highest BCUT2D eigenvalue weighted by atomic mass is 19.4. The molecule has 0 saturated carbocycles. The summed E-state index contributed by atoms with van der Waals surface area (Å²) in [6.07, 6.45) is -10.5. The molecular formula is C10H7F6NO4. The maximum Gasteiger partial charge on any atom is 0.573 e. The third kappa shape index (κ3) is 4.13. The van der Waals surface area contributed by atoms with Gasteiger partial charge in [0.05, 0.1) is 6.61 Å². The molecule has 11 heteroatoms. The van der Waals surface area contributed by atoms with Gasteiger partial charge in [0.15, 0.2) is 5.75 Å². The van der Waals surface area contributed by atoms with E-state index in [4.69, 9.17) is 0 Å². The van der Waals surface area contributed by atoms with Gasteiger partial charge in [-0.1, -0.05) is 0 Å². The van der Waals surface area contributed by atoms with Crippen molar-refractivity contribution in [1.82, 2.24) is 4.98 Å². The van der Waals surface area contributed by atoms with E-state index in [9.17, 15) is 35.9 Å². The second-order valence-electron chi connectivity index (χ2n) is 3.50. The van der Waals surface area contributed by atoms with Gasteiger partial charge in [-0.25, -0.2) is 4.79 Å². The molecule has 21 heavy (non-hydrogen) atoms. The van der Waals surface area contributed by atoms with Crippen LogP contribution in [0.15, 0.2) is 11.0 Å². The molecule has 1 aromatic heterocycles. The van der Waals surface area contributed by atoms with Gasteiger partial charge in [0.25, 0.3) is 5.56 Å². The molecule has 0 spiro atoms. The Hall–Kier alpha value is -2.20. The number of ether oxygens (including phenoxy) is 2. The number of esters is 1. The SMILES string of the molecule is CCOC(=O)c1c(OC(F)(F)F)c[nH]c(=O)c1C(F)(F)F. The number of hydrogen-bond acceptors (Lipinski definition) is 4. The fourth-order valence-electron chi connectivity index (χ4n) is 1.39. The van der Waals surface area contributed by atoms with E-state index in [2.05, 4.69) is 9.47 Å². The van der Waals surface area contributed by atoms with E-state index in [-0.39, 0.29) is 6.20 Å². The van der Waals surface area contributed by atoms with Gasteiger partial charge in [-0.05, 0) is 6.92 Å². The van der Waals surface area contributed by atoms with E-state index in [1.165, 1.54) is 11.9 Å². The number of aromatic nitrogens is 1. The van der Waals surface area contributed by atoms with Crippen LogP contribution < -0.4 is 10.3 Å². The Balaban J connectivity index is 3.59. The Morgan fingerprint density at radius 1 is 1.24 bits per heavy atom. The molecule has 0 bridgehead atoms. The molecule has 0 saturated heterocycles. The quantitative estimate of drug-likeness (QED) is 0.686. The summed E-state index contributed by atoms with van der Waals surface area (Å²) in [5.41, 5.74) is -5.55. The maximum atomic E-state index is 12.8. The highest BCUT2D eigenvalue weighted by Gasteiger charge is 2.43. The second kappa shape index (κ2) is 5.66. The summed E-state index contributed by atoms with van der Waals surface area (Å²) in [7, 11) is 0. The van der Waals surface area contributed by atoms with E-state index in [1.54, 1.807) is 0 Å². The average Bonchev–Trinajstić information content (AvgIpc) is 2.27. The standard InChI is InChI=1S/C10H7F6NO4/c1-2-20-8(19)5-4(21-10(14,15)16)3-17-7(18)6(5)9(11,12)13/h3H,2H2,1H3,(H,17,18). The molecule has 1 aromatic rings. The molecule has 1 N–H and O–H groups in total. The van der Waals surface area contributed by atoms with Crippen LogP contribution in [0.25, 0.3) is 0 Å². The highest BCUT2D eigenvalue weighted by Crippen LogP contribution is 2.35. The summed E-state index contributed by atoms with van der Waals surface area (Å²) in [6, 6.07) is 0. The zero-order valence-electron chi connectivity index (χ0n) is 10.2. The van der Waals surface area contributed by atoms with Gasteiger partial charge in [-0.2, -0.15) is 13.2 Å². The van der Waals surface area contributed by atoms with Crippen LogP contribution in [0.5, 0.6) is 5.75 Å². The Bertz CT molecular complexity index is 589. The summed E-state index contributed by atoms with van der Waals surface area (Å²) in [4.78, 5) is 24.1. The summed E-state index contributed by atoms with van der Waals surface area (Å²) >= 11 is 0. The topological polar surface area (TPSA) is 68.4 Å². The van der Waals surface area contributed by atoms with E-state index in [0.717, 1.165) is 0 Å². The lowest BCUT2D eigenvalue weighted by molar-refractivity contribution is -0.275. The van der Waals surface area contributed by atoms with Crippen molar-refractivity contribution in [3.05, 3.63) is 27.7 Å². The number of rotatable bonds is 3. The predicted molar refractivity (Wildman–Crippen MR) is 54.7 cm³/mol. The first-order valence-corrected chi connectivity index (χ1v) is 5.23. The van der Waals surface area contributed by atoms with Crippen LogP contribution in [0.2, 0.25) is 0 Å². The second-order valence-corrected chi connectivity index (χ2v) is 3.50. The Morgan fingerprint density at radius 2 is 1.81 bits per heavy atom.